The molecular weight excluding hydrogens is 381 g/mol. The van der Waals surface area contributed by atoms with Crippen molar-refractivity contribution < 1.29 is 9.18 Å². The number of amides is 1. The van der Waals surface area contributed by atoms with E-state index in [4.69, 9.17) is 0 Å². The maximum absolute atomic E-state index is 13.8. The molecule has 6 heteroatoms. The Bertz CT molecular complexity index is 1230. The fourth-order valence-electron chi connectivity index (χ4n) is 4.23. The van der Waals surface area contributed by atoms with Gasteiger partial charge >= 0.3 is 0 Å². The summed E-state index contributed by atoms with van der Waals surface area (Å²) in [6, 6.07) is 13.8. The van der Waals surface area contributed by atoms with E-state index >= 15 is 0 Å². The molecule has 1 aromatic heterocycles. The number of hydrogen-bond acceptors (Lipinski definition) is 3. The second-order valence-corrected chi connectivity index (χ2v) is 8.12. The number of nitrogens with zero attached hydrogens (tertiary/aromatic N) is 2. The number of carbonyl (C=O) groups excluding carboxylic acids is 1. The van der Waals surface area contributed by atoms with Crippen LogP contribution in [0.1, 0.15) is 45.9 Å². The fourth-order valence-corrected chi connectivity index (χ4v) is 4.23. The molecule has 0 radical (unpaired) electrons. The third-order valence-electron chi connectivity index (χ3n) is 5.95. The smallest absolute Gasteiger partial charge is 0.261 e. The molecule has 1 fully saturated rings. The maximum Gasteiger partial charge on any atom is 0.261 e. The van der Waals surface area contributed by atoms with Gasteiger partial charge in [0.15, 0.2) is 0 Å². The lowest BCUT2D eigenvalue weighted by Crippen LogP contribution is -2.45. The Morgan fingerprint density at radius 3 is 2.37 bits per heavy atom. The van der Waals surface area contributed by atoms with Crippen LogP contribution in [0.4, 0.5) is 21.5 Å². The van der Waals surface area contributed by atoms with E-state index in [1.165, 1.54) is 36.6 Å². The topological polar surface area (TPSA) is 56.4 Å². The van der Waals surface area contributed by atoms with Gasteiger partial charge in [-0.2, -0.15) is 0 Å². The van der Waals surface area contributed by atoms with Crippen LogP contribution in [-0.2, 0) is 0 Å². The molecule has 1 aliphatic heterocycles. The number of H-pyrrole nitrogens is 1. The highest BCUT2D eigenvalue weighted by atomic mass is 19.1. The van der Waals surface area contributed by atoms with E-state index in [2.05, 4.69) is 16.0 Å². The van der Waals surface area contributed by atoms with E-state index < -0.39 is 0 Å². The number of anilines is 3. The Balaban J connectivity index is 1.68. The molecule has 152 valence electrons. The van der Waals surface area contributed by atoms with Crippen molar-refractivity contribution in [2.24, 2.45) is 0 Å². The number of hydrogen-bond donors (Lipinski definition) is 1. The van der Waals surface area contributed by atoms with Crippen molar-refractivity contribution in [2.75, 3.05) is 16.5 Å². The molecule has 2 aromatic carbocycles. The number of aryl methyl sites for hydroxylation is 2. The largest absolute Gasteiger partial charge is 0.324 e. The Hall–Kier alpha value is -3.41. The summed E-state index contributed by atoms with van der Waals surface area (Å²) in [7, 11) is 0. The van der Waals surface area contributed by atoms with Crippen molar-refractivity contribution in [2.45, 2.75) is 32.6 Å². The van der Waals surface area contributed by atoms with Gasteiger partial charge in [0.05, 0.1) is 16.9 Å². The minimum Gasteiger partial charge on any atom is -0.324 e. The van der Waals surface area contributed by atoms with E-state index in [-0.39, 0.29) is 24.0 Å². The lowest BCUT2D eigenvalue weighted by molar-refractivity contribution is 0.0983. The van der Waals surface area contributed by atoms with E-state index in [0.717, 1.165) is 16.9 Å². The lowest BCUT2D eigenvalue weighted by atomic mass is 10.0. The molecular formula is C24H22FN3O2. The second-order valence-electron chi connectivity index (χ2n) is 8.12. The molecule has 0 spiro atoms. The Morgan fingerprint density at radius 2 is 1.67 bits per heavy atom. The highest BCUT2D eigenvalue weighted by Gasteiger charge is 2.34. The van der Waals surface area contributed by atoms with E-state index in [1.54, 1.807) is 24.0 Å². The quantitative estimate of drug-likeness (QED) is 0.686. The van der Waals surface area contributed by atoms with Gasteiger partial charge in [0.2, 0.25) is 5.56 Å². The van der Waals surface area contributed by atoms with Gasteiger partial charge in [-0.15, -0.1) is 0 Å². The first-order valence-corrected chi connectivity index (χ1v) is 10.1. The predicted octanol–water partition coefficient (Wildman–Crippen LogP) is 4.76. The van der Waals surface area contributed by atoms with Gasteiger partial charge in [-0.1, -0.05) is 6.07 Å². The van der Waals surface area contributed by atoms with E-state index in [9.17, 15) is 14.0 Å². The normalized spacial score (nSPS) is 16.0. The molecule has 2 heterocycles. The average molecular weight is 403 g/mol. The van der Waals surface area contributed by atoms with Crippen LogP contribution in [0.15, 0.2) is 53.3 Å². The SMILES string of the molecule is Cc1cc(F)ccc1N1CN(c2ccc(=O)[nH]c2C)C(=O)c2ccc(C3CC3)cc21. The van der Waals surface area contributed by atoms with Crippen LogP contribution in [-0.4, -0.2) is 17.6 Å². The zero-order valence-electron chi connectivity index (χ0n) is 16.9. The van der Waals surface area contributed by atoms with Crippen LogP contribution in [0.3, 0.4) is 0 Å². The monoisotopic (exact) mass is 403 g/mol. The predicted molar refractivity (Wildman–Crippen MR) is 115 cm³/mol. The van der Waals surface area contributed by atoms with E-state index in [0.29, 0.717) is 22.9 Å². The van der Waals surface area contributed by atoms with Crippen LogP contribution in [0.5, 0.6) is 0 Å². The third kappa shape index (κ3) is 3.09. The molecule has 5 rings (SSSR count). The highest BCUT2D eigenvalue weighted by molar-refractivity contribution is 6.12. The molecule has 1 saturated carbocycles. The number of aromatic nitrogens is 1. The summed E-state index contributed by atoms with van der Waals surface area (Å²) >= 11 is 0. The molecule has 0 bridgehead atoms. The van der Waals surface area contributed by atoms with Gasteiger partial charge < -0.3 is 9.88 Å². The Morgan fingerprint density at radius 1 is 0.900 bits per heavy atom. The van der Waals surface area contributed by atoms with Gasteiger partial charge in [-0.05, 0) is 80.1 Å². The molecule has 2 aliphatic rings. The minimum absolute atomic E-state index is 0.112. The van der Waals surface area contributed by atoms with Crippen molar-refractivity contribution in [1.29, 1.82) is 0 Å². The summed E-state index contributed by atoms with van der Waals surface area (Å²) in [5, 5.41) is 0. The summed E-state index contributed by atoms with van der Waals surface area (Å²) in [6.45, 7) is 3.93. The van der Waals surface area contributed by atoms with Crippen LogP contribution < -0.4 is 15.4 Å². The number of rotatable bonds is 3. The Labute approximate surface area is 173 Å². The van der Waals surface area contributed by atoms with Gasteiger partial charge in [0.25, 0.3) is 5.91 Å². The van der Waals surface area contributed by atoms with E-state index in [1.807, 2.05) is 19.1 Å². The molecule has 3 aromatic rings. The summed E-state index contributed by atoms with van der Waals surface area (Å²) in [4.78, 5) is 31.6. The minimum atomic E-state index is -0.287. The summed E-state index contributed by atoms with van der Waals surface area (Å²) in [5.74, 6) is 0.157. The Kier molecular flexibility index (Phi) is 4.24. The summed E-state index contributed by atoms with van der Waals surface area (Å²) in [5.41, 5.74) is 5.40. The molecule has 0 unspecified atom stereocenters. The van der Waals surface area contributed by atoms with Gasteiger partial charge in [-0.25, -0.2) is 4.39 Å². The van der Waals surface area contributed by atoms with Gasteiger partial charge in [0.1, 0.15) is 12.5 Å². The molecule has 1 aliphatic carbocycles. The molecule has 30 heavy (non-hydrogen) atoms. The zero-order chi connectivity index (χ0) is 21.0. The lowest BCUT2D eigenvalue weighted by Gasteiger charge is -2.39. The number of benzene rings is 2. The first-order chi connectivity index (χ1) is 14.4. The van der Waals surface area contributed by atoms with Crippen molar-refractivity contribution in [3.05, 3.63) is 87.1 Å². The molecule has 5 nitrogen and oxygen atoms in total. The highest BCUT2D eigenvalue weighted by Crippen LogP contribution is 2.44. The number of carbonyl (C=O) groups is 1. The second kappa shape index (κ2) is 6.83. The van der Waals surface area contributed by atoms with Crippen molar-refractivity contribution >= 4 is 23.0 Å². The molecule has 0 saturated heterocycles. The number of halogens is 1. The number of aromatic amines is 1. The summed E-state index contributed by atoms with van der Waals surface area (Å²) in [6.07, 6.45) is 2.34. The van der Waals surface area contributed by atoms with Crippen LogP contribution in [0.25, 0.3) is 0 Å². The number of nitrogens with one attached hydrogen (secondary N) is 1. The zero-order valence-corrected chi connectivity index (χ0v) is 16.9. The van der Waals surface area contributed by atoms with Crippen molar-refractivity contribution in [1.82, 2.24) is 4.98 Å². The third-order valence-corrected chi connectivity index (χ3v) is 5.95. The van der Waals surface area contributed by atoms with Crippen molar-refractivity contribution in [3.8, 4) is 0 Å². The number of pyridine rings is 1. The molecule has 1 amide bonds. The van der Waals surface area contributed by atoms with Crippen molar-refractivity contribution in [3.63, 3.8) is 0 Å². The van der Waals surface area contributed by atoms with Crippen LogP contribution >= 0.6 is 0 Å². The average Bonchev–Trinajstić information content (AvgIpc) is 3.55. The standard InChI is InChI=1S/C24H22FN3O2/c1-14-11-18(25)6-8-20(14)27-13-28(21-9-10-23(29)26-15(21)2)24(30)19-7-5-17(12-22(19)27)16-3-4-16/h5-12,16H,3-4,13H2,1-2H3,(H,26,29). The maximum atomic E-state index is 13.8. The van der Waals surface area contributed by atoms with Crippen LogP contribution in [0.2, 0.25) is 0 Å². The van der Waals surface area contributed by atoms with Crippen LogP contribution in [0, 0.1) is 19.7 Å². The number of fused-ring (bicyclic) bond motifs is 1. The van der Waals surface area contributed by atoms with Gasteiger partial charge in [0, 0.05) is 17.4 Å². The first-order valence-electron chi connectivity index (χ1n) is 10.1. The first kappa shape index (κ1) is 18.6. The summed E-state index contributed by atoms with van der Waals surface area (Å²) < 4.78 is 13.8. The fraction of sp³-hybridized carbons (Fsp3) is 0.250. The molecule has 1 N–H and O–H groups in total. The van der Waals surface area contributed by atoms with Gasteiger partial charge in [-0.3, -0.25) is 14.5 Å². The molecule has 0 atom stereocenters.